The number of piperidine rings is 2. The predicted molar refractivity (Wildman–Crippen MR) is 93.9 cm³/mol. The Hall–Kier alpha value is -1.43. The zero-order chi connectivity index (χ0) is 17.2. The zero-order valence-electron chi connectivity index (χ0n) is 15.4. The summed E-state index contributed by atoms with van der Waals surface area (Å²) in [6.45, 7) is 11.9. The van der Waals surface area contributed by atoms with Crippen molar-refractivity contribution in [2.75, 3.05) is 32.7 Å². The van der Waals surface area contributed by atoms with Gasteiger partial charge in [-0.05, 0) is 37.5 Å². The summed E-state index contributed by atoms with van der Waals surface area (Å²) in [7, 11) is 0. The molecule has 2 saturated heterocycles. The molecule has 0 unspecified atom stereocenters. The van der Waals surface area contributed by atoms with Gasteiger partial charge in [-0.2, -0.15) is 0 Å². The predicted octanol–water partition coefficient (Wildman–Crippen LogP) is 2.59. The maximum absolute atomic E-state index is 12.5. The van der Waals surface area contributed by atoms with Crippen LogP contribution in [-0.4, -0.2) is 63.4 Å². The smallest absolute Gasteiger partial charge is 0.276 e. The van der Waals surface area contributed by atoms with Crippen LogP contribution in [0.25, 0.3) is 0 Å². The number of aromatic nitrogens is 3. The minimum Gasteiger partial charge on any atom is -0.337 e. The van der Waals surface area contributed by atoms with Gasteiger partial charge in [0.05, 0.1) is 12.2 Å². The molecule has 0 aliphatic carbocycles. The Morgan fingerprint density at radius 2 is 1.79 bits per heavy atom. The first-order chi connectivity index (χ1) is 11.4. The van der Waals surface area contributed by atoms with Gasteiger partial charge < -0.3 is 9.80 Å². The van der Waals surface area contributed by atoms with E-state index in [2.05, 4.69) is 36.0 Å². The van der Waals surface area contributed by atoms with E-state index in [-0.39, 0.29) is 5.91 Å². The number of carbonyl (C=O) groups excluding carboxylic acids is 1. The second-order valence-corrected chi connectivity index (χ2v) is 8.50. The van der Waals surface area contributed by atoms with E-state index < -0.39 is 0 Å². The molecule has 2 fully saturated rings. The molecule has 0 spiro atoms. The summed E-state index contributed by atoms with van der Waals surface area (Å²) in [4.78, 5) is 17.0. The molecule has 3 heterocycles. The average Bonchev–Trinajstić information content (AvgIpc) is 3.04. The summed E-state index contributed by atoms with van der Waals surface area (Å²) >= 11 is 0. The van der Waals surface area contributed by atoms with Gasteiger partial charge in [0, 0.05) is 32.7 Å². The maximum Gasteiger partial charge on any atom is 0.276 e. The van der Waals surface area contributed by atoms with Gasteiger partial charge in [-0.3, -0.25) is 4.79 Å². The first-order valence-corrected chi connectivity index (χ1v) is 9.36. The molecule has 0 atom stereocenters. The van der Waals surface area contributed by atoms with Crippen LogP contribution in [0.4, 0.5) is 0 Å². The molecule has 0 bridgehead atoms. The van der Waals surface area contributed by atoms with E-state index in [4.69, 9.17) is 0 Å². The number of nitrogens with zero attached hydrogens (tertiary/aromatic N) is 5. The van der Waals surface area contributed by atoms with Crippen molar-refractivity contribution in [3.63, 3.8) is 0 Å². The van der Waals surface area contributed by atoms with Crippen LogP contribution < -0.4 is 0 Å². The molecule has 3 rings (SSSR count). The summed E-state index contributed by atoms with van der Waals surface area (Å²) in [6.07, 6.45) is 7.45. The topological polar surface area (TPSA) is 54.3 Å². The third-order valence-corrected chi connectivity index (χ3v) is 5.00. The van der Waals surface area contributed by atoms with Crippen molar-refractivity contribution in [1.29, 1.82) is 0 Å². The summed E-state index contributed by atoms with van der Waals surface area (Å²) in [5.41, 5.74) is 0.850. The molecule has 2 aliphatic rings. The van der Waals surface area contributed by atoms with Gasteiger partial charge in [0.1, 0.15) is 0 Å². The molecule has 0 radical (unpaired) electrons. The molecule has 0 aromatic carbocycles. The molecular formula is C18H31N5O. The fourth-order valence-electron chi connectivity index (χ4n) is 3.82. The van der Waals surface area contributed by atoms with Crippen LogP contribution in [0.1, 0.15) is 69.4 Å². The molecule has 0 saturated carbocycles. The van der Waals surface area contributed by atoms with E-state index >= 15 is 0 Å². The molecule has 1 aromatic rings. The molecular weight excluding hydrogens is 302 g/mol. The van der Waals surface area contributed by atoms with Gasteiger partial charge in [0.2, 0.25) is 0 Å². The van der Waals surface area contributed by atoms with Crippen molar-refractivity contribution < 1.29 is 4.79 Å². The summed E-state index contributed by atoms with van der Waals surface area (Å²) < 4.78 is 1.92. The molecule has 1 amide bonds. The van der Waals surface area contributed by atoms with Crippen molar-refractivity contribution in [3.05, 3.63) is 11.9 Å². The van der Waals surface area contributed by atoms with Gasteiger partial charge in [0.25, 0.3) is 5.91 Å². The van der Waals surface area contributed by atoms with Crippen molar-refractivity contribution >= 4 is 5.91 Å². The second kappa shape index (κ2) is 7.21. The minimum atomic E-state index is 0.0473. The summed E-state index contributed by atoms with van der Waals surface area (Å²) in [6, 6.07) is 0.372. The highest BCUT2D eigenvalue weighted by Gasteiger charge is 2.26. The quantitative estimate of drug-likeness (QED) is 0.853. The Kier molecular flexibility index (Phi) is 5.23. The average molecular weight is 333 g/mol. The normalized spacial score (nSPS) is 21.2. The maximum atomic E-state index is 12.5. The largest absolute Gasteiger partial charge is 0.337 e. The van der Waals surface area contributed by atoms with Crippen LogP contribution in [0.3, 0.4) is 0 Å². The Bertz CT molecular complexity index is 548. The first-order valence-electron chi connectivity index (χ1n) is 9.36. The number of rotatable bonds is 3. The first kappa shape index (κ1) is 17.4. The Balaban J connectivity index is 1.55. The van der Waals surface area contributed by atoms with E-state index in [0.717, 1.165) is 58.4 Å². The van der Waals surface area contributed by atoms with Crippen molar-refractivity contribution in [2.45, 2.75) is 58.9 Å². The van der Waals surface area contributed by atoms with Crippen molar-refractivity contribution in [3.8, 4) is 0 Å². The fourth-order valence-corrected chi connectivity index (χ4v) is 3.82. The van der Waals surface area contributed by atoms with E-state index in [9.17, 15) is 4.79 Å². The third kappa shape index (κ3) is 4.35. The molecule has 6 nitrogen and oxygen atoms in total. The zero-order valence-corrected chi connectivity index (χ0v) is 15.4. The van der Waals surface area contributed by atoms with Crippen LogP contribution >= 0.6 is 0 Å². The molecule has 6 heteroatoms. The second-order valence-electron chi connectivity index (χ2n) is 8.50. The SMILES string of the molecule is CC(C)(C)CN1CCC(n2cc(C(=O)N3CCCCC3)nn2)CC1. The number of amides is 1. The lowest BCUT2D eigenvalue weighted by atomic mass is 9.94. The van der Waals surface area contributed by atoms with Gasteiger partial charge in [-0.15, -0.1) is 5.10 Å². The number of likely N-dealkylation sites (tertiary alicyclic amines) is 2. The Labute approximate surface area is 145 Å². The highest BCUT2D eigenvalue weighted by molar-refractivity contribution is 5.91. The summed E-state index contributed by atoms with van der Waals surface area (Å²) in [5, 5.41) is 8.41. The standard InChI is InChI=1S/C18H31N5O/c1-18(2,3)14-21-11-7-15(8-12-21)23-13-16(19-20-23)17(24)22-9-5-4-6-10-22/h13,15H,4-12,14H2,1-3H3. The number of hydrogen-bond acceptors (Lipinski definition) is 4. The lowest BCUT2D eigenvalue weighted by Crippen LogP contribution is -2.39. The Morgan fingerprint density at radius 1 is 1.12 bits per heavy atom. The van der Waals surface area contributed by atoms with Gasteiger partial charge in [-0.1, -0.05) is 26.0 Å². The fraction of sp³-hybridized carbons (Fsp3) is 0.833. The van der Waals surface area contributed by atoms with Crippen LogP contribution in [0.5, 0.6) is 0 Å². The molecule has 134 valence electrons. The third-order valence-electron chi connectivity index (χ3n) is 5.00. The van der Waals surface area contributed by atoms with Crippen LogP contribution in [0, 0.1) is 5.41 Å². The number of hydrogen-bond donors (Lipinski definition) is 0. The summed E-state index contributed by atoms with van der Waals surface area (Å²) in [5.74, 6) is 0.0473. The van der Waals surface area contributed by atoms with E-state index in [1.807, 2.05) is 15.8 Å². The highest BCUT2D eigenvalue weighted by atomic mass is 16.2. The molecule has 24 heavy (non-hydrogen) atoms. The van der Waals surface area contributed by atoms with Crippen LogP contribution in [-0.2, 0) is 0 Å². The van der Waals surface area contributed by atoms with Gasteiger partial charge in [0.15, 0.2) is 5.69 Å². The molecule has 2 aliphatic heterocycles. The Morgan fingerprint density at radius 3 is 2.42 bits per heavy atom. The van der Waals surface area contributed by atoms with E-state index in [0.29, 0.717) is 17.2 Å². The molecule has 0 N–H and O–H groups in total. The van der Waals surface area contributed by atoms with E-state index in [1.165, 1.54) is 6.42 Å². The van der Waals surface area contributed by atoms with E-state index in [1.54, 1.807) is 0 Å². The highest BCUT2D eigenvalue weighted by Crippen LogP contribution is 2.25. The van der Waals surface area contributed by atoms with Crippen molar-refractivity contribution in [1.82, 2.24) is 24.8 Å². The van der Waals surface area contributed by atoms with Crippen molar-refractivity contribution in [2.24, 2.45) is 5.41 Å². The van der Waals surface area contributed by atoms with Gasteiger partial charge >= 0.3 is 0 Å². The molecule has 1 aromatic heterocycles. The lowest BCUT2D eigenvalue weighted by molar-refractivity contribution is 0.0718. The lowest BCUT2D eigenvalue weighted by Gasteiger charge is -2.35. The van der Waals surface area contributed by atoms with Crippen LogP contribution in [0.15, 0.2) is 6.20 Å². The number of carbonyl (C=O) groups is 1. The van der Waals surface area contributed by atoms with Gasteiger partial charge in [-0.25, -0.2) is 4.68 Å². The van der Waals surface area contributed by atoms with Crippen LogP contribution in [0.2, 0.25) is 0 Å². The monoisotopic (exact) mass is 333 g/mol. The minimum absolute atomic E-state index is 0.0473.